The van der Waals surface area contributed by atoms with E-state index in [0.717, 1.165) is 22.6 Å². The van der Waals surface area contributed by atoms with Crippen LogP contribution in [0.2, 0.25) is 0 Å². The lowest BCUT2D eigenvalue weighted by Crippen LogP contribution is -2.43. The maximum atomic E-state index is 12.2. The summed E-state index contributed by atoms with van der Waals surface area (Å²) in [7, 11) is 7.21. The van der Waals surface area contributed by atoms with Crippen LogP contribution in [-0.4, -0.2) is 54.3 Å². The molecule has 0 atom stereocenters. The molecule has 0 unspecified atom stereocenters. The number of guanidine groups is 1. The summed E-state index contributed by atoms with van der Waals surface area (Å²) in [6, 6.07) is 7.61. The van der Waals surface area contributed by atoms with Gasteiger partial charge < -0.3 is 20.3 Å². The van der Waals surface area contributed by atoms with Gasteiger partial charge in [0.15, 0.2) is 5.96 Å². The SMILES string of the molecule is CN=C(NCC(=O)NCc1ccc(OC)cc1)N(C)Cc1cn(C)nc1C(C)C. The van der Waals surface area contributed by atoms with Crippen molar-refractivity contribution in [2.24, 2.45) is 12.0 Å². The van der Waals surface area contributed by atoms with Gasteiger partial charge in [0.1, 0.15) is 5.75 Å². The molecule has 0 saturated heterocycles. The fraction of sp³-hybridized carbons (Fsp3) is 0.476. The molecule has 0 bridgehead atoms. The van der Waals surface area contributed by atoms with Crippen molar-refractivity contribution >= 4 is 11.9 Å². The summed E-state index contributed by atoms with van der Waals surface area (Å²) in [5.74, 6) is 1.70. The number of aryl methyl sites for hydroxylation is 1. The van der Waals surface area contributed by atoms with Crippen molar-refractivity contribution in [3.8, 4) is 5.75 Å². The van der Waals surface area contributed by atoms with Crippen molar-refractivity contribution in [1.29, 1.82) is 0 Å². The molecular formula is C21H32N6O2. The van der Waals surface area contributed by atoms with Crippen molar-refractivity contribution in [3.63, 3.8) is 0 Å². The quantitative estimate of drug-likeness (QED) is 0.522. The van der Waals surface area contributed by atoms with E-state index in [4.69, 9.17) is 4.74 Å². The van der Waals surface area contributed by atoms with Crippen molar-refractivity contribution < 1.29 is 9.53 Å². The highest BCUT2D eigenvalue weighted by molar-refractivity contribution is 5.86. The number of hydrogen-bond donors (Lipinski definition) is 2. The number of nitrogens with zero attached hydrogens (tertiary/aromatic N) is 4. The van der Waals surface area contributed by atoms with E-state index < -0.39 is 0 Å². The first-order valence-corrected chi connectivity index (χ1v) is 9.67. The normalized spacial score (nSPS) is 11.5. The topological polar surface area (TPSA) is 83.8 Å². The van der Waals surface area contributed by atoms with Crippen LogP contribution in [0.3, 0.4) is 0 Å². The molecule has 0 saturated carbocycles. The number of hydrogen-bond acceptors (Lipinski definition) is 4. The van der Waals surface area contributed by atoms with E-state index in [1.807, 2.05) is 54.1 Å². The van der Waals surface area contributed by atoms with Gasteiger partial charge in [-0.2, -0.15) is 5.10 Å². The summed E-state index contributed by atoms with van der Waals surface area (Å²) < 4.78 is 6.97. The van der Waals surface area contributed by atoms with Crippen LogP contribution in [0.4, 0.5) is 0 Å². The number of ether oxygens (including phenoxy) is 1. The monoisotopic (exact) mass is 400 g/mol. The Bertz CT molecular complexity index is 826. The molecule has 0 fully saturated rings. The predicted octanol–water partition coefficient (Wildman–Crippen LogP) is 1.88. The van der Waals surface area contributed by atoms with E-state index in [1.54, 1.807) is 14.2 Å². The Balaban J connectivity index is 1.85. The molecule has 8 nitrogen and oxygen atoms in total. The second-order valence-corrected chi connectivity index (χ2v) is 7.25. The van der Waals surface area contributed by atoms with Gasteiger partial charge in [-0.15, -0.1) is 0 Å². The average molecular weight is 401 g/mol. The summed E-state index contributed by atoms with van der Waals surface area (Å²) in [5.41, 5.74) is 3.24. The van der Waals surface area contributed by atoms with Gasteiger partial charge in [0.25, 0.3) is 0 Å². The summed E-state index contributed by atoms with van der Waals surface area (Å²) >= 11 is 0. The van der Waals surface area contributed by atoms with Gasteiger partial charge in [0.2, 0.25) is 5.91 Å². The molecule has 0 spiro atoms. The minimum atomic E-state index is -0.0976. The van der Waals surface area contributed by atoms with Crippen LogP contribution < -0.4 is 15.4 Å². The first-order valence-electron chi connectivity index (χ1n) is 9.67. The second-order valence-electron chi connectivity index (χ2n) is 7.25. The highest BCUT2D eigenvalue weighted by atomic mass is 16.5. The molecule has 8 heteroatoms. The molecule has 29 heavy (non-hydrogen) atoms. The van der Waals surface area contributed by atoms with Crippen molar-refractivity contribution in [1.82, 2.24) is 25.3 Å². The number of benzene rings is 1. The standard InChI is InChI=1S/C21H32N6O2/c1-15(2)20-17(14-27(5)25-20)13-26(4)21(22-3)24-12-19(28)23-11-16-7-9-18(29-6)10-8-16/h7-10,14-15H,11-13H2,1-6H3,(H,22,24)(H,23,28). The minimum absolute atomic E-state index is 0.0976. The number of carbonyl (C=O) groups is 1. The smallest absolute Gasteiger partial charge is 0.239 e. The molecule has 1 heterocycles. The molecular weight excluding hydrogens is 368 g/mol. The van der Waals surface area contributed by atoms with Crippen molar-refractivity contribution in [2.45, 2.75) is 32.9 Å². The lowest BCUT2D eigenvalue weighted by molar-refractivity contribution is -0.120. The van der Waals surface area contributed by atoms with Crippen LogP contribution in [0, 0.1) is 0 Å². The number of aromatic nitrogens is 2. The highest BCUT2D eigenvalue weighted by Gasteiger charge is 2.15. The van der Waals surface area contributed by atoms with E-state index in [0.29, 0.717) is 25.0 Å². The maximum absolute atomic E-state index is 12.2. The number of methoxy groups -OCH3 is 1. The van der Waals surface area contributed by atoms with Gasteiger partial charge in [-0.25, -0.2) is 0 Å². The van der Waals surface area contributed by atoms with Crippen LogP contribution in [-0.2, 0) is 24.9 Å². The lowest BCUT2D eigenvalue weighted by atomic mass is 10.1. The largest absolute Gasteiger partial charge is 0.497 e. The summed E-state index contributed by atoms with van der Waals surface area (Å²) in [6.45, 7) is 5.54. The Morgan fingerprint density at radius 3 is 2.55 bits per heavy atom. The zero-order chi connectivity index (χ0) is 21.4. The molecule has 1 amide bonds. The Labute approximate surface area is 173 Å². The fourth-order valence-electron chi connectivity index (χ4n) is 3.04. The van der Waals surface area contributed by atoms with Gasteiger partial charge in [-0.1, -0.05) is 26.0 Å². The second kappa shape index (κ2) is 10.5. The van der Waals surface area contributed by atoms with Gasteiger partial charge in [-0.3, -0.25) is 14.5 Å². The van der Waals surface area contributed by atoms with Crippen molar-refractivity contribution in [2.75, 3.05) is 27.7 Å². The van der Waals surface area contributed by atoms with Crippen LogP contribution in [0.1, 0.15) is 36.6 Å². The molecule has 1 aromatic heterocycles. The Kier molecular flexibility index (Phi) is 8.06. The number of amides is 1. The van der Waals surface area contributed by atoms with Gasteiger partial charge in [-0.05, 0) is 23.6 Å². The maximum Gasteiger partial charge on any atom is 0.239 e. The van der Waals surface area contributed by atoms with Gasteiger partial charge in [0.05, 0.1) is 19.3 Å². The number of rotatable bonds is 8. The zero-order valence-corrected chi connectivity index (χ0v) is 18.2. The first kappa shape index (κ1) is 22.3. The molecule has 0 aliphatic carbocycles. The molecule has 2 rings (SSSR count). The van der Waals surface area contributed by atoms with E-state index in [9.17, 15) is 4.79 Å². The van der Waals surface area contributed by atoms with E-state index >= 15 is 0 Å². The average Bonchev–Trinajstić information content (AvgIpc) is 3.07. The van der Waals surface area contributed by atoms with Crippen LogP contribution in [0.5, 0.6) is 5.75 Å². The third kappa shape index (κ3) is 6.51. The van der Waals surface area contributed by atoms with Crippen molar-refractivity contribution in [3.05, 3.63) is 47.3 Å². The summed E-state index contributed by atoms with van der Waals surface area (Å²) in [5, 5.41) is 10.6. The number of carbonyl (C=O) groups excluding carboxylic acids is 1. The lowest BCUT2D eigenvalue weighted by Gasteiger charge is -2.22. The third-order valence-electron chi connectivity index (χ3n) is 4.52. The predicted molar refractivity (Wildman–Crippen MR) is 115 cm³/mol. The minimum Gasteiger partial charge on any atom is -0.497 e. The van der Waals surface area contributed by atoms with E-state index in [2.05, 4.69) is 34.6 Å². The van der Waals surface area contributed by atoms with Crippen LogP contribution >= 0.6 is 0 Å². The van der Waals surface area contributed by atoms with Gasteiger partial charge in [0, 0.05) is 46.0 Å². The fourth-order valence-corrected chi connectivity index (χ4v) is 3.04. The van der Waals surface area contributed by atoms with Crippen LogP contribution in [0.15, 0.2) is 35.5 Å². The zero-order valence-electron chi connectivity index (χ0n) is 18.2. The first-order chi connectivity index (χ1) is 13.8. The molecule has 2 aromatic rings. The Morgan fingerprint density at radius 2 is 1.97 bits per heavy atom. The Morgan fingerprint density at radius 1 is 1.28 bits per heavy atom. The summed E-state index contributed by atoms with van der Waals surface area (Å²) in [4.78, 5) is 18.5. The molecule has 0 aliphatic rings. The number of aliphatic imine (C=N–C) groups is 1. The van der Waals surface area contributed by atoms with E-state index in [-0.39, 0.29) is 12.5 Å². The summed E-state index contributed by atoms with van der Waals surface area (Å²) in [6.07, 6.45) is 2.03. The van der Waals surface area contributed by atoms with Gasteiger partial charge >= 0.3 is 0 Å². The highest BCUT2D eigenvalue weighted by Crippen LogP contribution is 2.18. The molecule has 158 valence electrons. The molecule has 2 N–H and O–H groups in total. The van der Waals surface area contributed by atoms with Crippen LogP contribution in [0.25, 0.3) is 0 Å². The molecule has 0 aliphatic heterocycles. The molecule has 0 radical (unpaired) electrons. The number of nitrogens with one attached hydrogen (secondary N) is 2. The Hall–Kier alpha value is -3.03. The molecule has 1 aromatic carbocycles. The van der Waals surface area contributed by atoms with E-state index in [1.165, 1.54) is 0 Å². The third-order valence-corrected chi connectivity index (χ3v) is 4.52.